The zero-order valence-electron chi connectivity index (χ0n) is 26.4. The molecule has 0 fully saturated rings. The van der Waals surface area contributed by atoms with Gasteiger partial charge in [-0.25, -0.2) is 4.79 Å². The van der Waals surface area contributed by atoms with Crippen LogP contribution < -0.4 is 20.1 Å². The van der Waals surface area contributed by atoms with Crippen molar-refractivity contribution in [1.82, 2.24) is 10.6 Å². The smallest absolute Gasteiger partial charge is 0.490 e. The van der Waals surface area contributed by atoms with Crippen LogP contribution in [0.5, 0.6) is 11.5 Å². The average molecular weight is 758 g/mol. The highest BCUT2D eigenvalue weighted by molar-refractivity contribution is 9.10. The van der Waals surface area contributed by atoms with Gasteiger partial charge < -0.3 is 35.1 Å². The van der Waals surface area contributed by atoms with Crippen LogP contribution in [0.2, 0.25) is 5.02 Å². The van der Waals surface area contributed by atoms with Crippen LogP contribution in [0.1, 0.15) is 49.9 Å². The molecule has 5 atom stereocenters. The summed E-state index contributed by atoms with van der Waals surface area (Å²) in [6.07, 6.45) is -8.35. The summed E-state index contributed by atoms with van der Waals surface area (Å²) >= 11 is 9.58. The molecule has 1 aliphatic rings. The van der Waals surface area contributed by atoms with Gasteiger partial charge in [-0.15, -0.1) is 13.2 Å². The van der Waals surface area contributed by atoms with Gasteiger partial charge in [-0.05, 0) is 93.6 Å². The number of aliphatic hydroxyl groups is 2. The Morgan fingerprint density at radius 1 is 1.04 bits per heavy atom. The molecular weight excluding hydrogens is 721 g/mol. The number of rotatable bonds is 11. The maximum Gasteiger partial charge on any atom is 0.573 e. The van der Waals surface area contributed by atoms with Crippen LogP contribution in [0.25, 0.3) is 0 Å². The fourth-order valence-corrected chi connectivity index (χ4v) is 5.77. The van der Waals surface area contributed by atoms with Crippen LogP contribution in [0, 0.1) is 5.92 Å². The molecule has 4 rings (SSSR count). The Morgan fingerprint density at radius 3 is 2.42 bits per heavy atom. The average Bonchev–Trinajstić information content (AvgIpc) is 2.97. The lowest BCUT2D eigenvalue weighted by Gasteiger charge is -2.33. The molecule has 0 spiro atoms. The van der Waals surface area contributed by atoms with Crippen molar-refractivity contribution in [3.8, 4) is 11.5 Å². The molecule has 3 aromatic rings. The van der Waals surface area contributed by atoms with Gasteiger partial charge >= 0.3 is 12.5 Å². The molecule has 14 heteroatoms. The van der Waals surface area contributed by atoms with Crippen molar-refractivity contribution in [1.29, 1.82) is 0 Å². The lowest BCUT2D eigenvalue weighted by Crippen LogP contribution is -2.49. The number of alkyl carbamates (subject to hydrolysis) is 1. The molecular formula is C34H37BrClF3N2O7. The van der Waals surface area contributed by atoms with E-state index in [0.717, 1.165) is 22.2 Å². The minimum atomic E-state index is -4.92. The number of benzene rings is 3. The molecule has 0 saturated carbocycles. The van der Waals surface area contributed by atoms with Gasteiger partial charge in [0.25, 0.3) is 0 Å². The van der Waals surface area contributed by atoms with Crippen molar-refractivity contribution in [3.63, 3.8) is 0 Å². The number of hydrogen-bond acceptors (Lipinski definition) is 7. The zero-order chi connectivity index (χ0) is 35.2. The summed E-state index contributed by atoms with van der Waals surface area (Å²) in [5.41, 5.74) is 0.710. The number of fused-ring (bicyclic) bond motifs is 1. The van der Waals surface area contributed by atoms with E-state index in [2.05, 4.69) is 31.3 Å². The molecule has 0 aromatic heterocycles. The summed E-state index contributed by atoms with van der Waals surface area (Å²) in [5, 5.41) is 28.3. The van der Waals surface area contributed by atoms with Crippen LogP contribution >= 0.6 is 27.5 Å². The second kappa shape index (κ2) is 15.8. The highest BCUT2D eigenvalue weighted by atomic mass is 79.9. The van der Waals surface area contributed by atoms with E-state index in [1.54, 1.807) is 39.0 Å². The Morgan fingerprint density at radius 2 is 1.75 bits per heavy atom. The molecule has 0 unspecified atom stereocenters. The van der Waals surface area contributed by atoms with Crippen molar-refractivity contribution in [3.05, 3.63) is 92.9 Å². The largest absolute Gasteiger partial charge is 0.573 e. The molecule has 2 amide bonds. The number of alkyl halides is 3. The number of ether oxygens (including phenoxy) is 3. The summed E-state index contributed by atoms with van der Waals surface area (Å²) in [6, 6.07) is 15.4. The Bertz CT molecular complexity index is 1570. The van der Waals surface area contributed by atoms with Crippen molar-refractivity contribution < 1.29 is 47.2 Å². The highest BCUT2D eigenvalue weighted by Gasteiger charge is 2.36. The third-order valence-corrected chi connectivity index (χ3v) is 8.21. The summed E-state index contributed by atoms with van der Waals surface area (Å²) in [6.45, 7) is 4.97. The Balaban J connectivity index is 1.64. The number of carbonyl (C=O) groups is 2. The fourth-order valence-electron chi connectivity index (χ4n) is 5.33. The van der Waals surface area contributed by atoms with E-state index in [4.69, 9.17) is 21.1 Å². The van der Waals surface area contributed by atoms with Crippen LogP contribution in [-0.2, 0) is 22.4 Å². The maximum atomic E-state index is 14.0. The van der Waals surface area contributed by atoms with Gasteiger partial charge in [-0.1, -0.05) is 51.8 Å². The normalized spacial score (nSPS) is 18.0. The summed E-state index contributed by atoms with van der Waals surface area (Å²) in [4.78, 5) is 26.8. The third kappa shape index (κ3) is 11.3. The summed E-state index contributed by atoms with van der Waals surface area (Å²) < 4.78 is 54.8. The first-order valence-electron chi connectivity index (χ1n) is 15.1. The van der Waals surface area contributed by atoms with E-state index in [9.17, 15) is 33.0 Å². The van der Waals surface area contributed by atoms with Gasteiger partial charge in [0.1, 0.15) is 29.8 Å². The lowest BCUT2D eigenvalue weighted by atomic mass is 9.88. The number of nitrogens with one attached hydrogen (secondary N) is 2. The van der Waals surface area contributed by atoms with Crippen LogP contribution in [-0.4, -0.2) is 59.0 Å². The predicted octanol–water partition coefficient (Wildman–Crippen LogP) is 6.66. The first kappa shape index (κ1) is 37.3. The summed E-state index contributed by atoms with van der Waals surface area (Å²) in [5.74, 6) is -1.71. The topological polar surface area (TPSA) is 126 Å². The Labute approximate surface area is 289 Å². The molecule has 0 bridgehead atoms. The van der Waals surface area contributed by atoms with Gasteiger partial charge in [0.2, 0.25) is 5.91 Å². The van der Waals surface area contributed by atoms with E-state index in [-0.39, 0.29) is 25.9 Å². The maximum absolute atomic E-state index is 14.0. The minimum Gasteiger partial charge on any atom is -0.490 e. The lowest BCUT2D eigenvalue weighted by molar-refractivity contribution is -0.274. The van der Waals surface area contributed by atoms with E-state index >= 15 is 0 Å². The quantitative estimate of drug-likeness (QED) is 0.173. The number of aliphatic hydroxyl groups excluding tert-OH is 2. The molecule has 3 aromatic carbocycles. The molecule has 1 heterocycles. The number of hydrogen-bond donors (Lipinski definition) is 4. The molecule has 4 N–H and O–H groups in total. The second-order valence-electron chi connectivity index (χ2n) is 12.5. The number of amides is 2. The standard InChI is InChI=1S/C34H37BrClF3N2O7/c1-33(2,3)48-32(45)40-26(15-19-7-9-22(35)10-8-19)27(42)16-21(13-20-5-4-6-24(14-20)47-34(37,38)39)31(44)41-30-25-17-23(36)11-12-29(25)46-18-28(30)43/h4-12,14,17,21,26-28,30,42-43H,13,15-16,18H2,1-3H3,(H,40,45)(H,41,44)/t21-,26+,27+,28-,30+/m1/s1. The van der Waals surface area contributed by atoms with Crippen LogP contribution in [0.4, 0.5) is 18.0 Å². The SMILES string of the molecule is CC(C)(C)OC(=O)N[C@@H](Cc1ccc(Br)cc1)[C@@H](O)C[C@@H](Cc1cccc(OC(F)(F)F)c1)C(=O)N[C@H]1c2cc(Cl)ccc2OC[C@H]1O. The molecule has 1 aliphatic heterocycles. The molecule has 0 saturated heterocycles. The molecule has 9 nitrogen and oxygen atoms in total. The second-order valence-corrected chi connectivity index (χ2v) is 13.9. The predicted molar refractivity (Wildman–Crippen MR) is 176 cm³/mol. The first-order chi connectivity index (χ1) is 22.5. The van der Waals surface area contributed by atoms with Crippen molar-refractivity contribution in [2.75, 3.05) is 6.61 Å². The van der Waals surface area contributed by atoms with Crippen molar-refractivity contribution in [2.24, 2.45) is 5.92 Å². The van der Waals surface area contributed by atoms with E-state index < -0.39 is 59.9 Å². The van der Waals surface area contributed by atoms with Gasteiger partial charge in [0.15, 0.2) is 0 Å². The fraction of sp³-hybridized carbons (Fsp3) is 0.412. The van der Waals surface area contributed by atoms with Gasteiger partial charge in [0, 0.05) is 21.0 Å². The molecule has 260 valence electrons. The van der Waals surface area contributed by atoms with Crippen molar-refractivity contribution in [2.45, 2.75) is 76.3 Å². The van der Waals surface area contributed by atoms with E-state index in [0.29, 0.717) is 21.9 Å². The number of carbonyl (C=O) groups excluding carboxylic acids is 2. The Kier molecular flexibility index (Phi) is 12.3. The van der Waals surface area contributed by atoms with Crippen LogP contribution in [0.3, 0.4) is 0 Å². The molecule has 0 aliphatic carbocycles. The minimum absolute atomic E-state index is 0.112. The zero-order valence-corrected chi connectivity index (χ0v) is 28.7. The van der Waals surface area contributed by atoms with E-state index in [1.807, 2.05) is 24.3 Å². The first-order valence-corrected chi connectivity index (χ1v) is 16.3. The Hall–Kier alpha value is -3.52. The summed E-state index contributed by atoms with van der Waals surface area (Å²) in [7, 11) is 0. The van der Waals surface area contributed by atoms with Gasteiger partial charge in [-0.3, -0.25) is 4.79 Å². The molecule has 48 heavy (non-hydrogen) atoms. The van der Waals surface area contributed by atoms with Crippen LogP contribution in [0.15, 0.2) is 71.2 Å². The van der Waals surface area contributed by atoms with Gasteiger partial charge in [-0.2, -0.15) is 0 Å². The van der Waals surface area contributed by atoms with Gasteiger partial charge in [0.05, 0.1) is 18.2 Å². The highest BCUT2D eigenvalue weighted by Crippen LogP contribution is 2.35. The third-order valence-electron chi connectivity index (χ3n) is 7.45. The van der Waals surface area contributed by atoms with E-state index in [1.165, 1.54) is 12.1 Å². The number of halogens is 5. The van der Waals surface area contributed by atoms with Crippen molar-refractivity contribution >= 4 is 39.5 Å². The molecule has 0 radical (unpaired) electrons. The monoisotopic (exact) mass is 756 g/mol.